The monoisotopic (exact) mass is 234 g/mol. The molecule has 3 nitrogen and oxygen atoms in total. The molecule has 1 aromatic rings. The van der Waals surface area contributed by atoms with Crippen molar-refractivity contribution in [2.24, 2.45) is 5.73 Å². The number of aryl methyl sites for hydroxylation is 1. The average Bonchev–Trinajstić information content (AvgIpc) is 2.20. The Morgan fingerprint density at radius 2 is 2.00 bits per heavy atom. The van der Waals surface area contributed by atoms with Crippen molar-refractivity contribution in [1.82, 2.24) is 5.32 Å². The number of rotatable bonds is 4. The van der Waals surface area contributed by atoms with Gasteiger partial charge in [-0.15, -0.1) is 0 Å². The van der Waals surface area contributed by atoms with Gasteiger partial charge in [0.1, 0.15) is 0 Å². The van der Waals surface area contributed by atoms with Gasteiger partial charge in [0.2, 0.25) is 5.91 Å². The summed E-state index contributed by atoms with van der Waals surface area (Å²) < 4.78 is 0. The number of hydrogen-bond acceptors (Lipinski definition) is 2. The van der Waals surface area contributed by atoms with E-state index in [1.165, 1.54) is 16.7 Å². The molecule has 0 spiro atoms. The average molecular weight is 234 g/mol. The van der Waals surface area contributed by atoms with Crippen LogP contribution in [-0.2, 0) is 4.79 Å². The zero-order valence-electron chi connectivity index (χ0n) is 11.1. The maximum absolute atomic E-state index is 11.6. The first-order valence-electron chi connectivity index (χ1n) is 6.03. The van der Waals surface area contributed by atoms with E-state index in [0.717, 1.165) is 0 Å². The molecule has 0 aliphatic carbocycles. The lowest BCUT2D eigenvalue weighted by molar-refractivity contribution is -0.122. The van der Waals surface area contributed by atoms with Crippen LogP contribution in [0.15, 0.2) is 18.2 Å². The van der Waals surface area contributed by atoms with Crippen LogP contribution in [0.25, 0.3) is 0 Å². The Bertz CT molecular complexity index is 399. The molecule has 0 radical (unpaired) electrons. The normalized spacial score (nSPS) is 14.2. The van der Waals surface area contributed by atoms with E-state index in [-0.39, 0.29) is 18.0 Å². The summed E-state index contributed by atoms with van der Waals surface area (Å²) in [6.07, 6.45) is 0.370. The fourth-order valence-electron chi connectivity index (χ4n) is 1.91. The molecule has 3 N–H and O–H groups in total. The molecule has 94 valence electrons. The number of hydrogen-bond donors (Lipinski definition) is 2. The smallest absolute Gasteiger partial charge is 0.222 e. The molecule has 0 saturated carbocycles. The van der Waals surface area contributed by atoms with E-state index in [4.69, 9.17) is 5.73 Å². The van der Waals surface area contributed by atoms with Gasteiger partial charge in [0.25, 0.3) is 0 Å². The third kappa shape index (κ3) is 3.86. The third-order valence-electron chi connectivity index (χ3n) is 3.00. The van der Waals surface area contributed by atoms with Crippen LogP contribution in [0.3, 0.4) is 0 Å². The van der Waals surface area contributed by atoms with Gasteiger partial charge in [-0.3, -0.25) is 4.79 Å². The minimum Gasteiger partial charge on any atom is -0.350 e. The SMILES string of the molecule is Cc1cccc(C(C)NC(=O)CC(C)N)c1C. The number of carbonyl (C=O) groups excluding carboxylic acids is 1. The molecule has 0 aliphatic heterocycles. The molecular weight excluding hydrogens is 212 g/mol. The Kier molecular flexibility index (Phi) is 4.70. The van der Waals surface area contributed by atoms with Crippen molar-refractivity contribution in [3.05, 3.63) is 34.9 Å². The van der Waals surface area contributed by atoms with Gasteiger partial charge in [-0.1, -0.05) is 18.2 Å². The second kappa shape index (κ2) is 5.82. The van der Waals surface area contributed by atoms with Crippen molar-refractivity contribution < 1.29 is 4.79 Å². The third-order valence-corrected chi connectivity index (χ3v) is 3.00. The van der Waals surface area contributed by atoms with Gasteiger partial charge in [-0.25, -0.2) is 0 Å². The van der Waals surface area contributed by atoms with Gasteiger partial charge in [-0.2, -0.15) is 0 Å². The Hall–Kier alpha value is -1.35. The Labute approximate surface area is 103 Å². The van der Waals surface area contributed by atoms with Crippen LogP contribution in [0.1, 0.15) is 43.0 Å². The van der Waals surface area contributed by atoms with Crippen molar-refractivity contribution >= 4 is 5.91 Å². The summed E-state index contributed by atoms with van der Waals surface area (Å²) in [6, 6.07) is 6.09. The van der Waals surface area contributed by atoms with E-state index in [1.54, 1.807) is 0 Å². The van der Waals surface area contributed by atoms with Crippen LogP contribution in [0.5, 0.6) is 0 Å². The van der Waals surface area contributed by atoms with E-state index in [0.29, 0.717) is 6.42 Å². The maximum Gasteiger partial charge on any atom is 0.222 e. The Morgan fingerprint density at radius 1 is 1.35 bits per heavy atom. The molecule has 0 aliphatic rings. The molecule has 0 saturated heterocycles. The predicted molar refractivity (Wildman–Crippen MR) is 70.7 cm³/mol. The fourth-order valence-corrected chi connectivity index (χ4v) is 1.91. The van der Waals surface area contributed by atoms with Gasteiger partial charge < -0.3 is 11.1 Å². The molecular formula is C14H22N2O. The summed E-state index contributed by atoms with van der Waals surface area (Å²) in [4.78, 5) is 11.6. The largest absolute Gasteiger partial charge is 0.350 e. The molecule has 0 fully saturated rings. The first-order chi connectivity index (χ1) is 7.91. The Balaban J connectivity index is 2.73. The highest BCUT2D eigenvalue weighted by atomic mass is 16.1. The van der Waals surface area contributed by atoms with E-state index in [1.807, 2.05) is 19.9 Å². The van der Waals surface area contributed by atoms with Gasteiger partial charge in [0, 0.05) is 12.5 Å². The molecule has 3 heteroatoms. The summed E-state index contributed by atoms with van der Waals surface area (Å²) in [7, 11) is 0. The number of nitrogens with one attached hydrogen (secondary N) is 1. The second-order valence-corrected chi connectivity index (χ2v) is 4.76. The first-order valence-corrected chi connectivity index (χ1v) is 6.03. The summed E-state index contributed by atoms with van der Waals surface area (Å²) in [5.41, 5.74) is 9.25. The van der Waals surface area contributed by atoms with Gasteiger partial charge in [0.15, 0.2) is 0 Å². The molecule has 0 bridgehead atoms. The van der Waals surface area contributed by atoms with E-state index in [2.05, 4.69) is 31.3 Å². The minimum absolute atomic E-state index is 0.00778. The number of nitrogens with two attached hydrogens (primary N) is 1. The van der Waals surface area contributed by atoms with Crippen molar-refractivity contribution in [2.75, 3.05) is 0 Å². The zero-order valence-corrected chi connectivity index (χ0v) is 11.1. The fraction of sp³-hybridized carbons (Fsp3) is 0.500. The van der Waals surface area contributed by atoms with Gasteiger partial charge >= 0.3 is 0 Å². The summed E-state index contributed by atoms with van der Waals surface area (Å²) >= 11 is 0. The highest BCUT2D eigenvalue weighted by Gasteiger charge is 2.13. The lowest BCUT2D eigenvalue weighted by Gasteiger charge is -2.18. The molecule has 0 heterocycles. The summed E-state index contributed by atoms with van der Waals surface area (Å²) in [5.74, 6) is 0.00778. The van der Waals surface area contributed by atoms with E-state index >= 15 is 0 Å². The van der Waals surface area contributed by atoms with Gasteiger partial charge in [-0.05, 0) is 44.4 Å². The zero-order chi connectivity index (χ0) is 13.0. The number of carbonyl (C=O) groups is 1. The van der Waals surface area contributed by atoms with E-state index in [9.17, 15) is 4.79 Å². The molecule has 2 unspecified atom stereocenters. The summed E-state index contributed by atoms with van der Waals surface area (Å²) in [5, 5.41) is 2.98. The molecule has 2 atom stereocenters. The van der Waals surface area contributed by atoms with Crippen molar-refractivity contribution in [2.45, 2.75) is 46.2 Å². The van der Waals surface area contributed by atoms with Crippen molar-refractivity contribution in [1.29, 1.82) is 0 Å². The predicted octanol–water partition coefficient (Wildman–Crippen LogP) is 2.22. The highest BCUT2D eigenvalue weighted by Crippen LogP contribution is 2.20. The highest BCUT2D eigenvalue weighted by molar-refractivity contribution is 5.77. The quantitative estimate of drug-likeness (QED) is 0.839. The molecule has 17 heavy (non-hydrogen) atoms. The van der Waals surface area contributed by atoms with E-state index < -0.39 is 0 Å². The van der Waals surface area contributed by atoms with Crippen molar-refractivity contribution in [3.8, 4) is 0 Å². The van der Waals surface area contributed by atoms with Crippen LogP contribution in [0, 0.1) is 13.8 Å². The van der Waals surface area contributed by atoms with Crippen LogP contribution in [0.2, 0.25) is 0 Å². The van der Waals surface area contributed by atoms with Crippen LogP contribution in [-0.4, -0.2) is 11.9 Å². The molecule has 1 rings (SSSR count). The number of benzene rings is 1. The second-order valence-electron chi connectivity index (χ2n) is 4.76. The lowest BCUT2D eigenvalue weighted by atomic mass is 9.98. The van der Waals surface area contributed by atoms with Crippen LogP contribution >= 0.6 is 0 Å². The van der Waals surface area contributed by atoms with Crippen molar-refractivity contribution in [3.63, 3.8) is 0 Å². The molecule has 1 amide bonds. The van der Waals surface area contributed by atoms with Crippen LogP contribution < -0.4 is 11.1 Å². The Morgan fingerprint density at radius 3 is 2.59 bits per heavy atom. The minimum atomic E-state index is -0.0965. The molecule has 0 aromatic heterocycles. The van der Waals surface area contributed by atoms with Gasteiger partial charge in [0.05, 0.1) is 6.04 Å². The molecule has 1 aromatic carbocycles. The number of amides is 1. The topological polar surface area (TPSA) is 55.1 Å². The first kappa shape index (κ1) is 13.7. The maximum atomic E-state index is 11.6. The standard InChI is InChI=1S/C14H22N2O/c1-9-6-5-7-13(11(9)3)12(4)16-14(17)8-10(2)15/h5-7,10,12H,8,15H2,1-4H3,(H,16,17). The van der Waals surface area contributed by atoms with Crippen LogP contribution in [0.4, 0.5) is 0 Å². The summed E-state index contributed by atoms with van der Waals surface area (Å²) in [6.45, 7) is 8.00. The lowest BCUT2D eigenvalue weighted by Crippen LogP contribution is -2.32.